The summed E-state index contributed by atoms with van der Waals surface area (Å²) in [6.45, 7) is 15.1. The van der Waals surface area contributed by atoms with Crippen molar-refractivity contribution in [3.63, 3.8) is 0 Å². The molecule has 0 amide bonds. The van der Waals surface area contributed by atoms with Gasteiger partial charge in [-0.25, -0.2) is 0 Å². The van der Waals surface area contributed by atoms with Gasteiger partial charge in [0.15, 0.2) is 0 Å². The van der Waals surface area contributed by atoms with Gasteiger partial charge in [-0.3, -0.25) is 0 Å². The Hall–Kier alpha value is -0.0800. The fourth-order valence-electron chi connectivity index (χ4n) is 1.28. The van der Waals surface area contributed by atoms with E-state index in [1.54, 1.807) is 0 Å². The van der Waals surface area contributed by atoms with Gasteiger partial charge < -0.3 is 9.64 Å². The van der Waals surface area contributed by atoms with Gasteiger partial charge >= 0.3 is 0 Å². The maximum atomic E-state index is 4.83. The van der Waals surface area contributed by atoms with E-state index in [2.05, 4.69) is 32.7 Å². The van der Waals surface area contributed by atoms with Crippen molar-refractivity contribution in [2.75, 3.05) is 33.4 Å². The van der Waals surface area contributed by atoms with Gasteiger partial charge in [-0.15, -0.1) is 0 Å². The molecule has 0 aromatic carbocycles. The zero-order chi connectivity index (χ0) is 12.8. The lowest BCUT2D eigenvalue weighted by Crippen LogP contribution is -2.23. The van der Waals surface area contributed by atoms with E-state index in [1.807, 2.05) is 13.8 Å². The molecule has 1 heterocycles. The molecule has 0 aliphatic carbocycles. The summed E-state index contributed by atoms with van der Waals surface area (Å²) in [6, 6.07) is 0. The molecule has 0 saturated carbocycles. The van der Waals surface area contributed by atoms with E-state index in [-0.39, 0.29) is 0 Å². The van der Waals surface area contributed by atoms with Crippen LogP contribution in [0.5, 0.6) is 0 Å². The highest BCUT2D eigenvalue weighted by atomic mass is 16.5. The molecule has 2 nitrogen and oxygen atoms in total. The minimum Gasteiger partial charge on any atom is -0.381 e. The second-order valence-electron chi connectivity index (χ2n) is 4.30. The lowest BCUT2D eigenvalue weighted by atomic mass is 10.2. The number of hydrogen-bond donors (Lipinski definition) is 0. The van der Waals surface area contributed by atoms with Crippen LogP contribution in [-0.4, -0.2) is 38.3 Å². The Balaban J connectivity index is 0. The zero-order valence-corrected chi connectivity index (χ0v) is 12.4. The van der Waals surface area contributed by atoms with Crippen LogP contribution in [0.3, 0.4) is 0 Å². The molecule has 0 unspecified atom stereocenters. The maximum absolute atomic E-state index is 4.83. The van der Waals surface area contributed by atoms with Crippen LogP contribution in [0.25, 0.3) is 0 Å². The molecular weight excluding hydrogens is 198 g/mol. The van der Waals surface area contributed by atoms with Gasteiger partial charge in [0, 0.05) is 5.92 Å². The molecule has 0 spiro atoms. The summed E-state index contributed by atoms with van der Waals surface area (Å²) < 4.78 is 4.83. The second kappa shape index (κ2) is 14.9. The summed E-state index contributed by atoms with van der Waals surface area (Å²) in [5.74, 6) is 0.843. The lowest BCUT2D eigenvalue weighted by Gasteiger charge is -2.20. The van der Waals surface area contributed by atoms with Crippen LogP contribution in [0.4, 0.5) is 0 Å². The molecule has 0 bridgehead atoms. The van der Waals surface area contributed by atoms with Crippen molar-refractivity contribution >= 4 is 0 Å². The molecule has 1 rings (SSSR count). The van der Waals surface area contributed by atoms with E-state index < -0.39 is 0 Å². The van der Waals surface area contributed by atoms with E-state index >= 15 is 0 Å². The first-order valence-corrected chi connectivity index (χ1v) is 6.97. The van der Waals surface area contributed by atoms with E-state index in [0.717, 1.165) is 19.1 Å². The van der Waals surface area contributed by atoms with Gasteiger partial charge in [0.05, 0.1) is 13.2 Å². The summed E-state index contributed by atoms with van der Waals surface area (Å²) in [5, 5.41) is 0. The lowest BCUT2D eigenvalue weighted by molar-refractivity contribution is -0.0221. The van der Waals surface area contributed by atoms with E-state index in [0.29, 0.717) is 0 Å². The third kappa shape index (κ3) is 13.9. The molecule has 0 aromatic rings. The molecule has 1 fully saturated rings. The first kappa shape index (κ1) is 18.3. The van der Waals surface area contributed by atoms with Crippen LogP contribution < -0.4 is 0 Å². The van der Waals surface area contributed by atoms with E-state index in [4.69, 9.17) is 4.74 Å². The van der Waals surface area contributed by atoms with Gasteiger partial charge in [0.1, 0.15) is 0 Å². The predicted octanol–water partition coefficient (Wildman–Crippen LogP) is 3.81. The number of ether oxygens (including phenoxy) is 1. The second-order valence-corrected chi connectivity index (χ2v) is 4.30. The monoisotopic (exact) mass is 231 g/mol. The normalized spacial score (nSPS) is 14.4. The summed E-state index contributed by atoms with van der Waals surface area (Å²) in [6.07, 6.45) is 3.94. The van der Waals surface area contributed by atoms with Crippen molar-refractivity contribution in [3.8, 4) is 0 Å². The topological polar surface area (TPSA) is 12.5 Å². The van der Waals surface area contributed by atoms with E-state index in [1.165, 1.54) is 32.4 Å². The molecule has 0 aromatic heterocycles. The summed E-state index contributed by atoms with van der Waals surface area (Å²) >= 11 is 0. The number of nitrogens with zero attached hydrogens (tertiary/aromatic N) is 1. The first-order valence-electron chi connectivity index (χ1n) is 6.97. The number of unbranched alkanes of at least 4 members (excludes halogenated alkanes) is 1. The molecule has 1 aliphatic rings. The largest absolute Gasteiger partial charge is 0.381 e. The molecule has 0 N–H and O–H groups in total. The number of hydrogen-bond acceptors (Lipinski definition) is 2. The van der Waals surface area contributed by atoms with Crippen molar-refractivity contribution in [3.05, 3.63) is 0 Å². The molecule has 2 heteroatoms. The van der Waals surface area contributed by atoms with Crippen LogP contribution in [0.1, 0.15) is 53.9 Å². The highest BCUT2D eigenvalue weighted by molar-refractivity contribution is 4.56. The Kier molecular flexibility index (Phi) is 17.1. The predicted molar refractivity (Wildman–Crippen MR) is 74.0 cm³/mol. The third-order valence-corrected chi connectivity index (χ3v) is 2.30. The van der Waals surface area contributed by atoms with Gasteiger partial charge in [0.2, 0.25) is 0 Å². The summed E-state index contributed by atoms with van der Waals surface area (Å²) in [7, 11) is 2.19. The SMILES string of the molecule is CC.CC1COC1.CCCCN(C)CCC. The van der Waals surface area contributed by atoms with Crippen LogP contribution in [-0.2, 0) is 4.74 Å². The highest BCUT2D eigenvalue weighted by Gasteiger charge is 2.09. The Morgan fingerprint density at radius 1 is 1.06 bits per heavy atom. The summed E-state index contributed by atoms with van der Waals surface area (Å²) in [5.41, 5.74) is 0. The molecule has 1 aliphatic heterocycles. The van der Waals surface area contributed by atoms with Crippen molar-refractivity contribution in [1.29, 1.82) is 0 Å². The Morgan fingerprint density at radius 3 is 1.81 bits per heavy atom. The highest BCUT2D eigenvalue weighted by Crippen LogP contribution is 2.05. The molecule has 16 heavy (non-hydrogen) atoms. The maximum Gasteiger partial charge on any atom is 0.0513 e. The molecule has 0 atom stereocenters. The molecular formula is C14H33NO. The zero-order valence-electron chi connectivity index (χ0n) is 12.4. The fraction of sp³-hybridized carbons (Fsp3) is 1.00. The van der Waals surface area contributed by atoms with Crippen molar-refractivity contribution in [1.82, 2.24) is 4.90 Å². The average molecular weight is 231 g/mol. The van der Waals surface area contributed by atoms with Crippen molar-refractivity contribution < 1.29 is 4.74 Å². The van der Waals surface area contributed by atoms with Gasteiger partial charge in [-0.05, 0) is 33.0 Å². The quantitative estimate of drug-likeness (QED) is 0.713. The third-order valence-electron chi connectivity index (χ3n) is 2.30. The molecule has 0 radical (unpaired) electrons. The Morgan fingerprint density at radius 2 is 1.56 bits per heavy atom. The van der Waals surface area contributed by atoms with Crippen molar-refractivity contribution in [2.45, 2.75) is 53.9 Å². The minimum absolute atomic E-state index is 0.843. The van der Waals surface area contributed by atoms with Crippen molar-refractivity contribution in [2.24, 2.45) is 5.92 Å². The van der Waals surface area contributed by atoms with Gasteiger partial charge in [-0.1, -0.05) is 41.0 Å². The van der Waals surface area contributed by atoms with Crippen LogP contribution in [0.15, 0.2) is 0 Å². The standard InChI is InChI=1S/C8H19N.C4H8O.C2H6/c1-4-6-8-9(3)7-5-2;1-4-2-5-3-4;1-2/h4-8H2,1-3H3;4H,2-3H2,1H3;1-2H3. The van der Waals surface area contributed by atoms with Gasteiger partial charge in [-0.2, -0.15) is 0 Å². The summed E-state index contributed by atoms with van der Waals surface area (Å²) in [4.78, 5) is 2.39. The number of rotatable bonds is 5. The Bertz CT molecular complexity index is 113. The smallest absolute Gasteiger partial charge is 0.0513 e. The minimum atomic E-state index is 0.843. The van der Waals surface area contributed by atoms with Crippen LogP contribution in [0, 0.1) is 5.92 Å². The fourth-order valence-corrected chi connectivity index (χ4v) is 1.28. The molecule has 1 saturated heterocycles. The van der Waals surface area contributed by atoms with Gasteiger partial charge in [0.25, 0.3) is 0 Å². The Labute approximate surface area is 103 Å². The van der Waals surface area contributed by atoms with Crippen LogP contribution in [0.2, 0.25) is 0 Å². The van der Waals surface area contributed by atoms with Crippen LogP contribution >= 0.6 is 0 Å². The average Bonchev–Trinajstić information content (AvgIpc) is 2.27. The van der Waals surface area contributed by atoms with E-state index in [9.17, 15) is 0 Å². The first-order chi connectivity index (χ1) is 7.70. The molecule has 100 valence electrons.